The second-order valence-corrected chi connectivity index (χ2v) is 8.82. The Balaban J connectivity index is 1.76. The lowest BCUT2D eigenvalue weighted by Crippen LogP contribution is -2.41. The predicted octanol–water partition coefficient (Wildman–Crippen LogP) is 3.61. The minimum absolute atomic E-state index is 0.368. The number of hydrogen-bond donors (Lipinski definition) is 0. The van der Waals surface area contributed by atoms with E-state index in [1.54, 1.807) is 0 Å². The van der Waals surface area contributed by atoms with Gasteiger partial charge in [-0.05, 0) is 51.5 Å². The monoisotopic (exact) mass is 377 g/mol. The Labute approximate surface area is 167 Å². The molecular weight excluding hydrogens is 349 g/mol. The second kappa shape index (κ2) is 6.36. The molecular formula is C22H28BN3O2. The molecule has 146 valence electrons. The van der Waals surface area contributed by atoms with Crippen LogP contribution in [0.15, 0.2) is 42.7 Å². The summed E-state index contributed by atoms with van der Waals surface area (Å²) in [6, 6.07) is 10.7. The number of nitrogens with zero attached hydrogens (tertiary/aromatic N) is 3. The molecule has 2 aromatic heterocycles. The number of benzene rings is 1. The summed E-state index contributed by atoms with van der Waals surface area (Å²) in [5.41, 5.74) is 4.62. The first-order chi connectivity index (χ1) is 13.1. The molecule has 1 fully saturated rings. The van der Waals surface area contributed by atoms with Crippen LogP contribution in [0.2, 0.25) is 0 Å². The summed E-state index contributed by atoms with van der Waals surface area (Å²) in [4.78, 5) is 6.82. The Morgan fingerprint density at radius 2 is 1.57 bits per heavy atom. The maximum atomic E-state index is 6.29. The van der Waals surface area contributed by atoms with E-state index in [1.165, 1.54) is 5.69 Å². The SMILES string of the molecule is CN(C)c1ccc(-c2cnc3c(c2)c(B2OC(C)(C)C(C)(C)O2)cn3C)cc1. The molecule has 0 radical (unpaired) electrons. The van der Waals surface area contributed by atoms with Crippen molar-refractivity contribution in [3.05, 3.63) is 42.7 Å². The summed E-state index contributed by atoms with van der Waals surface area (Å²) in [5.74, 6) is 0. The van der Waals surface area contributed by atoms with Gasteiger partial charge in [0.05, 0.1) is 11.2 Å². The largest absolute Gasteiger partial charge is 0.497 e. The zero-order valence-corrected chi connectivity index (χ0v) is 17.8. The van der Waals surface area contributed by atoms with Crippen LogP contribution in [0, 0.1) is 0 Å². The van der Waals surface area contributed by atoms with Crippen LogP contribution >= 0.6 is 0 Å². The molecule has 4 rings (SSSR count). The van der Waals surface area contributed by atoms with Gasteiger partial charge in [-0.1, -0.05) is 12.1 Å². The number of hydrogen-bond acceptors (Lipinski definition) is 4. The van der Waals surface area contributed by atoms with Crippen LogP contribution in [-0.2, 0) is 16.4 Å². The number of anilines is 1. The highest BCUT2D eigenvalue weighted by molar-refractivity contribution is 6.65. The fourth-order valence-corrected chi connectivity index (χ4v) is 3.56. The van der Waals surface area contributed by atoms with E-state index in [9.17, 15) is 0 Å². The third kappa shape index (κ3) is 3.01. The molecule has 1 aliphatic rings. The van der Waals surface area contributed by atoms with E-state index in [-0.39, 0.29) is 11.2 Å². The highest BCUT2D eigenvalue weighted by Gasteiger charge is 2.52. The van der Waals surface area contributed by atoms with Gasteiger partial charge >= 0.3 is 7.12 Å². The first-order valence-corrected chi connectivity index (χ1v) is 9.67. The molecule has 1 aliphatic heterocycles. The second-order valence-electron chi connectivity index (χ2n) is 8.82. The molecule has 3 heterocycles. The van der Waals surface area contributed by atoms with Crippen molar-refractivity contribution in [1.82, 2.24) is 9.55 Å². The first kappa shape index (κ1) is 19.0. The van der Waals surface area contributed by atoms with Gasteiger partial charge in [0.25, 0.3) is 0 Å². The van der Waals surface area contributed by atoms with Gasteiger partial charge in [0, 0.05) is 55.6 Å². The molecule has 0 N–H and O–H groups in total. The predicted molar refractivity (Wildman–Crippen MR) is 116 cm³/mol. The summed E-state index contributed by atoms with van der Waals surface area (Å²) in [5, 5.41) is 1.06. The number of fused-ring (bicyclic) bond motifs is 1. The lowest BCUT2D eigenvalue weighted by molar-refractivity contribution is 0.00578. The zero-order chi connectivity index (χ0) is 20.3. The molecule has 1 saturated heterocycles. The highest BCUT2D eigenvalue weighted by atomic mass is 16.7. The normalized spacial score (nSPS) is 18.0. The van der Waals surface area contributed by atoms with Gasteiger partial charge in [0.2, 0.25) is 0 Å². The molecule has 6 heteroatoms. The third-order valence-corrected chi connectivity index (χ3v) is 6.07. The summed E-state index contributed by atoms with van der Waals surface area (Å²) in [6.07, 6.45) is 4.00. The van der Waals surface area contributed by atoms with Crippen LogP contribution in [0.25, 0.3) is 22.2 Å². The summed E-state index contributed by atoms with van der Waals surface area (Å²) in [7, 11) is 5.70. The topological polar surface area (TPSA) is 39.5 Å². The van der Waals surface area contributed by atoms with Gasteiger partial charge in [-0.2, -0.15) is 0 Å². The van der Waals surface area contributed by atoms with Gasteiger partial charge in [-0.25, -0.2) is 4.98 Å². The minimum atomic E-state index is -0.401. The molecule has 28 heavy (non-hydrogen) atoms. The smallest absolute Gasteiger partial charge is 0.399 e. The van der Waals surface area contributed by atoms with Crippen LogP contribution in [0.4, 0.5) is 5.69 Å². The number of aromatic nitrogens is 2. The van der Waals surface area contributed by atoms with Gasteiger partial charge < -0.3 is 18.8 Å². The Hall–Kier alpha value is -2.31. The summed E-state index contributed by atoms with van der Waals surface area (Å²) >= 11 is 0. The van der Waals surface area contributed by atoms with Crippen LogP contribution in [0.5, 0.6) is 0 Å². The van der Waals surface area contributed by atoms with Crippen molar-refractivity contribution in [3.8, 4) is 11.1 Å². The Kier molecular flexibility index (Phi) is 4.32. The van der Waals surface area contributed by atoms with Gasteiger partial charge in [-0.15, -0.1) is 0 Å². The number of pyridine rings is 1. The fourth-order valence-electron chi connectivity index (χ4n) is 3.56. The van der Waals surface area contributed by atoms with E-state index < -0.39 is 7.12 Å². The number of rotatable bonds is 3. The van der Waals surface area contributed by atoms with Crippen molar-refractivity contribution >= 4 is 29.3 Å². The maximum absolute atomic E-state index is 6.29. The average molecular weight is 377 g/mol. The molecule has 0 aliphatic carbocycles. The van der Waals surface area contributed by atoms with E-state index in [0.29, 0.717) is 0 Å². The summed E-state index contributed by atoms with van der Waals surface area (Å²) in [6.45, 7) is 8.31. The van der Waals surface area contributed by atoms with Gasteiger partial charge in [0.1, 0.15) is 5.65 Å². The van der Waals surface area contributed by atoms with Crippen LogP contribution in [0.3, 0.4) is 0 Å². The van der Waals surface area contributed by atoms with E-state index in [0.717, 1.165) is 27.6 Å². The van der Waals surface area contributed by atoms with E-state index in [1.807, 2.05) is 31.9 Å². The van der Waals surface area contributed by atoms with E-state index >= 15 is 0 Å². The lowest BCUT2D eigenvalue weighted by Gasteiger charge is -2.32. The van der Waals surface area contributed by atoms with Crippen LogP contribution < -0.4 is 10.4 Å². The molecule has 0 atom stereocenters. The standard InChI is InChI=1S/C22H28BN3O2/c1-21(2)22(3,4)28-23(27-21)19-14-26(7)20-18(19)12-16(13-24-20)15-8-10-17(11-9-15)25(5)6/h8-14H,1-7H3. The van der Waals surface area contributed by atoms with Crippen molar-refractivity contribution in [2.75, 3.05) is 19.0 Å². The molecule has 0 amide bonds. The van der Waals surface area contributed by atoms with Crippen molar-refractivity contribution in [2.24, 2.45) is 7.05 Å². The third-order valence-electron chi connectivity index (χ3n) is 6.07. The quantitative estimate of drug-likeness (QED) is 0.654. The molecule has 1 aromatic carbocycles. The minimum Gasteiger partial charge on any atom is -0.399 e. The zero-order valence-electron chi connectivity index (χ0n) is 17.8. The first-order valence-electron chi connectivity index (χ1n) is 9.67. The molecule has 0 saturated carbocycles. The molecule has 0 unspecified atom stereocenters. The van der Waals surface area contributed by atoms with Crippen LogP contribution in [-0.4, -0.2) is 42.0 Å². The average Bonchev–Trinajstić information content (AvgIpc) is 3.07. The van der Waals surface area contributed by atoms with Crippen molar-refractivity contribution < 1.29 is 9.31 Å². The van der Waals surface area contributed by atoms with Crippen LogP contribution in [0.1, 0.15) is 27.7 Å². The number of aryl methyl sites for hydroxylation is 1. The van der Waals surface area contributed by atoms with Crippen molar-refractivity contribution in [3.63, 3.8) is 0 Å². The lowest BCUT2D eigenvalue weighted by atomic mass is 9.79. The van der Waals surface area contributed by atoms with E-state index in [2.05, 4.69) is 69.1 Å². The molecule has 5 nitrogen and oxygen atoms in total. The highest BCUT2D eigenvalue weighted by Crippen LogP contribution is 2.37. The molecule has 0 bridgehead atoms. The Bertz CT molecular complexity index is 1010. The maximum Gasteiger partial charge on any atom is 0.497 e. The van der Waals surface area contributed by atoms with Gasteiger partial charge in [0.15, 0.2) is 0 Å². The molecule has 3 aromatic rings. The Morgan fingerprint density at radius 3 is 2.14 bits per heavy atom. The molecule has 0 spiro atoms. The van der Waals surface area contributed by atoms with Gasteiger partial charge in [-0.3, -0.25) is 0 Å². The van der Waals surface area contributed by atoms with Crippen molar-refractivity contribution in [1.29, 1.82) is 0 Å². The van der Waals surface area contributed by atoms with Crippen molar-refractivity contribution in [2.45, 2.75) is 38.9 Å². The summed E-state index contributed by atoms with van der Waals surface area (Å²) < 4.78 is 14.6. The van der Waals surface area contributed by atoms with E-state index in [4.69, 9.17) is 14.3 Å². The fraction of sp³-hybridized carbons (Fsp3) is 0.409. The Morgan fingerprint density at radius 1 is 0.964 bits per heavy atom.